The average Bonchev–Trinajstić information content (AvgIpc) is 2.66. The van der Waals surface area contributed by atoms with Crippen LogP contribution in [0.4, 0.5) is 0 Å². The molecule has 0 bridgehead atoms. The highest BCUT2D eigenvalue weighted by molar-refractivity contribution is 7.99. The first kappa shape index (κ1) is 15.2. The summed E-state index contributed by atoms with van der Waals surface area (Å²) in [6.07, 6.45) is 10.4. The van der Waals surface area contributed by atoms with Gasteiger partial charge in [-0.2, -0.15) is 11.8 Å². The first-order valence-corrected chi connectivity index (χ1v) is 9.62. The summed E-state index contributed by atoms with van der Waals surface area (Å²) in [5, 5.41) is 0.679. The van der Waals surface area contributed by atoms with Crippen LogP contribution in [0, 0.1) is 0 Å². The fourth-order valence-electron chi connectivity index (χ4n) is 4.13. The molecule has 118 valence electrons. The molecule has 5 heteroatoms. The number of thioether (sulfide) groups is 1. The Morgan fingerprint density at radius 3 is 2.67 bits per heavy atom. The molecule has 2 aliphatic heterocycles. The Morgan fingerprint density at radius 2 is 1.86 bits per heavy atom. The van der Waals surface area contributed by atoms with Crippen LogP contribution in [0.1, 0.15) is 51.4 Å². The lowest BCUT2D eigenvalue weighted by molar-refractivity contribution is -0.144. The van der Waals surface area contributed by atoms with Crippen molar-refractivity contribution >= 4 is 23.6 Å². The summed E-state index contributed by atoms with van der Waals surface area (Å²) < 4.78 is 0. The third-order valence-corrected chi connectivity index (χ3v) is 6.43. The number of amides is 2. The molecular weight excluding hydrogens is 284 g/mol. The van der Waals surface area contributed by atoms with Crippen molar-refractivity contribution in [2.24, 2.45) is 0 Å². The molecule has 1 saturated carbocycles. The summed E-state index contributed by atoms with van der Waals surface area (Å²) in [6.45, 7) is 1.41. The van der Waals surface area contributed by atoms with E-state index >= 15 is 0 Å². The smallest absolute Gasteiger partial charge is 0.245 e. The van der Waals surface area contributed by atoms with Gasteiger partial charge in [-0.05, 0) is 44.8 Å². The normalized spacial score (nSPS) is 34.6. The maximum absolute atomic E-state index is 12.9. The Morgan fingerprint density at radius 1 is 1.00 bits per heavy atom. The quantitative estimate of drug-likeness (QED) is 0.785. The van der Waals surface area contributed by atoms with Crippen LogP contribution < -0.4 is 0 Å². The number of nitrogens with zero attached hydrogens (tertiary/aromatic N) is 2. The van der Waals surface area contributed by atoms with Crippen LogP contribution in [0.25, 0.3) is 0 Å². The molecule has 1 aliphatic carbocycles. The van der Waals surface area contributed by atoms with Gasteiger partial charge in [0, 0.05) is 30.8 Å². The molecule has 3 unspecified atom stereocenters. The van der Waals surface area contributed by atoms with Crippen LogP contribution in [0.5, 0.6) is 0 Å². The van der Waals surface area contributed by atoms with Gasteiger partial charge in [-0.15, -0.1) is 0 Å². The third-order valence-electron chi connectivity index (χ3n) is 5.33. The highest BCUT2D eigenvalue weighted by Crippen LogP contribution is 2.32. The molecule has 0 N–H and O–H groups in total. The van der Waals surface area contributed by atoms with Crippen molar-refractivity contribution in [3.05, 3.63) is 0 Å². The van der Waals surface area contributed by atoms with Gasteiger partial charge in [-0.1, -0.05) is 6.42 Å². The van der Waals surface area contributed by atoms with E-state index in [9.17, 15) is 9.59 Å². The zero-order valence-electron chi connectivity index (χ0n) is 12.9. The summed E-state index contributed by atoms with van der Waals surface area (Å²) in [6, 6.07) is 0.196. The Kier molecular flexibility index (Phi) is 4.77. The molecule has 2 amide bonds. The van der Waals surface area contributed by atoms with Gasteiger partial charge in [-0.3, -0.25) is 9.59 Å². The third kappa shape index (κ3) is 3.08. The average molecular weight is 310 g/mol. The molecule has 0 radical (unpaired) electrons. The molecule has 0 spiro atoms. The number of rotatable bonds is 2. The number of hydrogen-bond donors (Lipinski definition) is 0. The Hall–Kier alpha value is -0.710. The zero-order chi connectivity index (χ0) is 14.8. The second kappa shape index (κ2) is 6.59. The van der Waals surface area contributed by atoms with Crippen LogP contribution in [-0.4, -0.2) is 58.3 Å². The van der Waals surface area contributed by atoms with Gasteiger partial charge in [0.15, 0.2) is 0 Å². The van der Waals surface area contributed by atoms with Crippen molar-refractivity contribution < 1.29 is 9.59 Å². The van der Waals surface area contributed by atoms with E-state index in [1.165, 1.54) is 12.8 Å². The topological polar surface area (TPSA) is 40.6 Å². The van der Waals surface area contributed by atoms with Gasteiger partial charge in [0.05, 0.1) is 0 Å². The summed E-state index contributed by atoms with van der Waals surface area (Å²) in [7, 11) is 0. The van der Waals surface area contributed by atoms with Crippen molar-refractivity contribution in [2.45, 2.75) is 68.7 Å². The van der Waals surface area contributed by atoms with Gasteiger partial charge in [0.25, 0.3) is 0 Å². The van der Waals surface area contributed by atoms with Crippen LogP contribution in [0.3, 0.4) is 0 Å². The summed E-state index contributed by atoms with van der Waals surface area (Å²) in [5.41, 5.74) is 0. The largest absolute Gasteiger partial charge is 0.337 e. The molecule has 3 rings (SSSR count). The van der Waals surface area contributed by atoms with Gasteiger partial charge in [-0.25, -0.2) is 0 Å². The predicted octanol–water partition coefficient (Wildman–Crippen LogP) is 2.27. The van der Waals surface area contributed by atoms with Crippen molar-refractivity contribution in [1.29, 1.82) is 0 Å². The van der Waals surface area contributed by atoms with E-state index in [4.69, 9.17) is 0 Å². The second-order valence-corrected chi connectivity index (χ2v) is 7.70. The molecule has 0 aromatic carbocycles. The van der Waals surface area contributed by atoms with E-state index in [-0.39, 0.29) is 17.9 Å². The van der Waals surface area contributed by atoms with Crippen LogP contribution >= 0.6 is 11.8 Å². The molecule has 0 aromatic heterocycles. The fraction of sp³-hybridized carbons (Fsp3) is 0.875. The summed E-state index contributed by atoms with van der Waals surface area (Å²) >= 11 is 1.93. The lowest BCUT2D eigenvalue weighted by Crippen LogP contribution is -2.52. The molecule has 3 aliphatic rings. The van der Waals surface area contributed by atoms with Crippen LogP contribution in [0.15, 0.2) is 0 Å². The highest BCUT2D eigenvalue weighted by Gasteiger charge is 2.40. The van der Waals surface area contributed by atoms with Crippen molar-refractivity contribution in [3.63, 3.8) is 0 Å². The maximum atomic E-state index is 12.9. The number of carbonyl (C=O) groups excluding carboxylic acids is 2. The Bertz CT molecular complexity index is 415. The minimum absolute atomic E-state index is 0.164. The molecule has 4 nitrogen and oxygen atoms in total. The Balaban J connectivity index is 1.75. The van der Waals surface area contributed by atoms with Crippen molar-refractivity contribution in [1.82, 2.24) is 9.80 Å². The SMILES string of the molecule is CSC1CCCC(N2CCC(=O)N3CCCCC3C2=O)C1. The summed E-state index contributed by atoms with van der Waals surface area (Å²) in [5.74, 6) is 0.417. The predicted molar refractivity (Wildman–Crippen MR) is 85.2 cm³/mol. The second-order valence-electron chi connectivity index (χ2n) is 6.56. The lowest BCUT2D eigenvalue weighted by atomic mass is 9.92. The van der Waals surface area contributed by atoms with Crippen molar-refractivity contribution in [2.75, 3.05) is 19.3 Å². The first-order valence-electron chi connectivity index (χ1n) is 8.33. The van der Waals surface area contributed by atoms with Crippen LogP contribution in [-0.2, 0) is 9.59 Å². The first-order chi connectivity index (χ1) is 10.2. The monoisotopic (exact) mass is 310 g/mol. The summed E-state index contributed by atoms with van der Waals surface area (Å²) in [4.78, 5) is 29.2. The fourth-order valence-corrected chi connectivity index (χ4v) is 4.95. The molecule has 3 fully saturated rings. The van der Waals surface area contributed by atoms with Gasteiger partial charge < -0.3 is 9.80 Å². The minimum atomic E-state index is -0.164. The highest BCUT2D eigenvalue weighted by atomic mass is 32.2. The van der Waals surface area contributed by atoms with Gasteiger partial charge >= 0.3 is 0 Å². The molecular formula is C16H26N2O2S. The van der Waals surface area contributed by atoms with E-state index in [2.05, 4.69) is 11.2 Å². The number of fused-ring (bicyclic) bond motifs is 1. The maximum Gasteiger partial charge on any atom is 0.245 e. The van der Waals surface area contributed by atoms with E-state index in [1.54, 1.807) is 0 Å². The molecule has 0 aromatic rings. The molecule has 2 heterocycles. The van der Waals surface area contributed by atoms with E-state index in [0.717, 1.165) is 38.6 Å². The number of hydrogen-bond acceptors (Lipinski definition) is 3. The van der Waals surface area contributed by atoms with Crippen LogP contribution in [0.2, 0.25) is 0 Å². The zero-order valence-corrected chi connectivity index (χ0v) is 13.7. The number of carbonyl (C=O) groups is 2. The van der Waals surface area contributed by atoms with E-state index < -0.39 is 0 Å². The standard InChI is InChI=1S/C16H26N2O2S/c1-21-13-6-4-5-12(11-13)17-10-8-15(19)18-9-3-2-7-14(18)16(17)20/h12-14H,2-11H2,1H3. The molecule has 21 heavy (non-hydrogen) atoms. The van der Waals surface area contributed by atoms with Crippen molar-refractivity contribution in [3.8, 4) is 0 Å². The molecule has 2 saturated heterocycles. The minimum Gasteiger partial charge on any atom is -0.337 e. The molecule has 3 atom stereocenters. The Labute approximate surface area is 131 Å². The lowest BCUT2D eigenvalue weighted by Gasteiger charge is -2.39. The number of piperidine rings is 1. The van der Waals surface area contributed by atoms with Gasteiger partial charge in [0.1, 0.15) is 6.04 Å². The van der Waals surface area contributed by atoms with Gasteiger partial charge in [0.2, 0.25) is 11.8 Å². The van der Waals surface area contributed by atoms with E-state index in [0.29, 0.717) is 24.3 Å². The van der Waals surface area contributed by atoms with E-state index in [1.807, 2.05) is 16.7 Å².